The molecule has 0 aliphatic heterocycles. The normalized spacial score (nSPS) is 14.3. The van der Waals surface area contributed by atoms with Crippen LogP contribution in [0.5, 0.6) is 0 Å². The second kappa shape index (κ2) is 8.46. The van der Waals surface area contributed by atoms with E-state index in [2.05, 4.69) is 21.5 Å². The van der Waals surface area contributed by atoms with E-state index in [9.17, 15) is 19.2 Å². The summed E-state index contributed by atoms with van der Waals surface area (Å²) in [6, 6.07) is 6.21. The van der Waals surface area contributed by atoms with Crippen LogP contribution >= 0.6 is 0 Å². The molecule has 140 valence electrons. The summed E-state index contributed by atoms with van der Waals surface area (Å²) in [7, 11) is 0. The van der Waals surface area contributed by atoms with Crippen LogP contribution in [0.2, 0.25) is 0 Å². The van der Waals surface area contributed by atoms with Crippen molar-refractivity contribution in [3.63, 3.8) is 0 Å². The van der Waals surface area contributed by atoms with E-state index in [0.717, 1.165) is 18.4 Å². The van der Waals surface area contributed by atoms with Gasteiger partial charge in [-0.3, -0.25) is 30.0 Å². The van der Waals surface area contributed by atoms with E-state index in [4.69, 9.17) is 0 Å². The summed E-state index contributed by atoms with van der Waals surface area (Å²) >= 11 is 0. The zero-order valence-electron chi connectivity index (χ0n) is 15.1. The maximum atomic E-state index is 12.4. The van der Waals surface area contributed by atoms with Gasteiger partial charge in [-0.15, -0.1) is 0 Å². The van der Waals surface area contributed by atoms with E-state index in [0.29, 0.717) is 5.56 Å². The molecule has 8 heteroatoms. The monoisotopic (exact) mass is 360 g/mol. The number of hydrogen-bond donors (Lipinski definition) is 4. The number of rotatable bonds is 5. The molecule has 1 aromatic rings. The van der Waals surface area contributed by atoms with Crippen molar-refractivity contribution < 1.29 is 19.2 Å². The van der Waals surface area contributed by atoms with Gasteiger partial charge in [0.2, 0.25) is 0 Å². The highest BCUT2D eigenvalue weighted by atomic mass is 16.2. The molecule has 1 aromatic carbocycles. The maximum Gasteiger partial charge on any atom is 0.327 e. The smallest absolute Gasteiger partial charge is 0.327 e. The van der Waals surface area contributed by atoms with Crippen molar-refractivity contribution in [1.82, 2.24) is 21.5 Å². The van der Waals surface area contributed by atoms with Gasteiger partial charge in [-0.1, -0.05) is 32.0 Å². The van der Waals surface area contributed by atoms with Crippen molar-refractivity contribution in [3.05, 3.63) is 35.4 Å². The van der Waals surface area contributed by atoms with Gasteiger partial charge in [0.25, 0.3) is 11.8 Å². The van der Waals surface area contributed by atoms with Crippen LogP contribution in [0.3, 0.4) is 0 Å². The Hall–Kier alpha value is -2.90. The highest BCUT2D eigenvalue weighted by molar-refractivity contribution is 6.35. The number of hydrazine groups is 1. The fourth-order valence-electron chi connectivity index (χ4n) is 2.31. The lowest BCUT2D eigenvalue weighted by molar-refractivity contribution is -0.141. The molecule has 0 spiro atoms. The number of benzene rings is 1. The molecule has 0 bridgehead atoms. The minimum absolute atomic E-state index is 0.0424. The molecular formula is C18H24N4O4. The molecule has 4 N–H and O–H groups in total. The van der Waals surface area contributed by atoms with Crippen molar-refractivity contribution in [3.8, 4) is 0 Å². The second-order valence-corrected chi connectivity index (χ2v) is 6.70. The molecule has 26 heavy (non-hydrogen) atoms. The van der Waals surface area contributed by atoms with Gasteiger partial charge in [-0.05, 0) is 37.3 Å². The van der Waals surface area contributed by atoms with Crippen molar-refractivity contribution in [2.45, 2.75) is 45.7 Å². The molecular weight excluding hydrogens is 336 g/mol. The summed E-state index contributed by atoms with van der Waals surface area (Å²) < 4.78 is 0. The Labute approximate surface area is 152 Å². The molecule has 1 aliphatic carbocycles. The van der Waals surface area contributed by atoms with E-state index >= 15 is 0 Å². The molecule has 0 heterocycles. The van der Waals surface area contributed by atoms with Crippen LogP contribution in [-0.4, -0.2) is 35.7 Å². The third-order valence-electron chi connectivity index (χ3n) is 4.04. The Bertz CT molecular complexity index is 713. The first-order chi connectivity index (χ1) is 12.3. The quantitative estimate of drug-likeness (QED) is 0.442. The van der Waals surface area contributed by atoms with Crippen LogP contribution in [0.4, 0.5) is 0 Å². The van der Waals surface area contributed by atoms with Crippen LogP contribution in [0.1, 0.15) is 42.6 Å². The highest BCUT2D eigenvalue weighted by Gasteiger charge is 2.28. The Kier molecular flexibility index (Phi) is 6.32. The lowest BCUT2D eigenvalue weighted by Gasteiger charge is -2.22. The minimum Gasteiger partial charge on any atom is -0.345 e. The Morgan fingerprint density at radius 2 is 1.65 bits per heavy atom. The molecule has 0 saturated heterocycles. The van der Waals surface area contributed by atoms with Crippen molar-refractivity contribution in [2.24, 2.45) is 5.92 Å². The highest BCUT2D eigenvalue weighted by Crippen LogP contribution is 2.18. The molecule has 8 nitrogen and oxygen atoms in total. The Morgan fingerprint density at radius 1 is 1.00 bits per heavy atom. The number of amides is 4. The molecule has 1 saturated carbocycles. The van der Waals surface area contributed by atoms with Crippen molar-refractivity contribution in [1.29, 1.82) is 0 Å². The molecule has 1 atom stereocenters. The molecule has 0 aromatic heterocycles. The number of carbonyl (C=O) groups excluding carboxylic acids is 4. The average molecular weight is 360 g/mol. The lowest BCUT2D eigenvalue weighted by Crippen LogP contribution is -2.56. The van der Waals surface area contributed by atoms with Gasteiger partial charge in [0, 0.05) is 11.6 Å². The summed E-state index contributed by atoms with van der Waals surface area (Å²) in [4.78, 5) is 48.0. The van der Waals surface area contributed by atoms with Crippen molar-refractivity contribution in [2.75, 3.05) is 0 Å². The zero-order valence-corrected chi connectivity index (χ0v) is 15.1. The van der Waals surface area contributed by atoms with E-state index < -0.39 is 23.8 Å². The zero-order chi connectivity index (χ0) is 19.3. The van der Waals surface area contributed by atoms with Crippen LogP contribution in [0.25, 0.3) is 0 Å². The van der Waals surface area contributed by atoms with Crippen molar-refractivity contribution >= 4 is 23.6 Å². The number of nitrogens with one attached hydrogen (secondary N) is 4. The first-order valence-corrected chi connectivity index (χ1v) is 8.56. The third-order valence-corrected chi connectivity index (χ3v) is 4.04. The van der Waals surface area contributed by atoms with E-state index in [1.54, 1.807) is 39.0 Å². The average Bonchev–Trinajstić information content (AvgIpc) is 3.41. The summed E-state index contributed by atoms with van der Waals surface area (Å²) in [6.07, 6.45) is 1.71. The van der Waals surface area contributed by atoms with Gasteiger partial charge in [0.05, 0.1) is 0 Å². The molecule has 0 unspecified atom stereocenters. The fraction of sp³-hybridized carbons (Fsp3) is 0.444. The third kappa shape index (κ3) is 5.30. The molecule has 2 rings (SSSR count). The molecule has 1 fully saturated rings. The van der Waals surface area contributed by atoms with E-state index in [1.165, 1.54) is 0 Å². The standard InChI is InChI=1S/C18H24N4O4/c1-10(2)14(20-15(23)13-7-5-4-6-11(13)3)16(24)21-22-18(26)17(25)19-12-8-9-12/h4-7,10,12,14H,8-9H2,1-3H3,(H,19,25)(H,20,23)(H,21,24)(H,22,26)/t14-/m0/s1. The number of aryl methyl sites for hydroxylation is 1. The minimum atomic E-state index is -0.946. The summed E-state index contributed by atoms with van der Waals surface area (Å²) in [5.41, 5.74) is 5.53. The second-order valence-electron chi connectivity index (χ2n) is 6.70. The van der Waals surface area contributed by atoms with Gasteiger partial charge in [-0.25, -0.2) is 0 Å². The maximum absolute atomic E-state index is 12.4. The van der Waals surface area contributed by atoms with Crippen LogP contribution in [0, 0.1) is 12.8 Å². The molecule has 1 aliphatic rings. The van der Waals surface area contributed by atoms with Gasteiger partial charge >= 0.3 is 11.8 Å². The lowest BCUT2D eigenvalue weighted by atomic mass is 10.0. The van der Waals surface area contributed by atoms with Gasteiger partial charge in [-0.2, -0.15) is 0 Å². The Morgan fingerprint density at radius 3 is 2.23 bits per heavy atom. The SMILES string of the molecule is Cc1ccccc1C(=O)N[C@H](C(=O)NNC(=O)C(=O)NC1CC1)C(C)C. The first-order valence-electron chi connectivity index (χ1n) is 8.56. The predicted molar refractivity (Wildman–Crippen MR) is 94.7 cm³/mol. The van der Waals surface area contributed by atoms with Crippen LogP contribution in [-0.2, 0) is 14.4 Å². The topological polar surface area (TPSA) is 116 Å². The summed E-state index contributed by atoms with van der Waals surface area (Å²) in [5, 5.41) is 5.18. The fourth-order valence-corrected chi connectivity index (χ4v) is 2.31. The number of carbonyl (C=O) groups is 4. The van der Waals surface area contributed by atoms with E-state index in [-0.39, 0.29) is 17.9 Å². The predicted octanol–water partition coefficient (Wildman–Crippen LogP) is 0.175. The molecule has 0 radical (unpaired) electrons. The van der Waals surface area contributed by atoms with Gasteiger partial charge in [0.1, 0.15) is 6.04 Å². The summed E-state index contributed by atoms with van der Waals surface area (Å²) in [5.74, 6) is -2.94. The van der Waals surface area contributed by atoms with E-state index in [1.807, 2.05) is 6.07 Å². The number of hydrogen-bond acceptors (Lipinski definition) is 4. The van der Waals surface area contributed by atoms with Crippen LogP contribution in [0.15, 0.2) is 24.3 Å². The Balaban J connectivity index is 1.92. The van der Waals surface area contributed by atoms with Crippen LogP contribution < -0.4 is 21.5 Å². The van der Waals surface area contributed by atoms with Gasteiger partial charge < -0.3 is 10.6 Å². The molecule has 4 amide bonds. The first kappa shape index (κ1) is 19.4. The van der Waals surface area contributed by atoms with Gasteiger partial charge in [0.15, 0.2) is 0 Å². The summed E-state index contributed by atoms with van der Waals surface area (Å²) in [6.45, 7) is 5.34. The largest absolute Gasteiger partial charge is 0.345 e.